The van der Waals surface area contributed by atoms with Crippen LogP contribution in [-0.4, -0.2) is 17.8 Å². The van der Waals surface area contributed by atoms with Crippen LogP contribution in [0.1, 0.15) is 19.3 Å². The maximum absolute atomic E-state index is 2.70. The van der Waals surface area contributed by atoms with E-state index in [1.54, 1.807) is 0 Å². The van der Waals surface area contributed by atoms with Crippen molar-refractivity contribution in [1.29, 1.82) is 0 Å². The Morgan fingerprint density at radius 2 is 1.11 bits per heavy atom. The van der Waals surface area contributed by atoms with Gasteiger partial charge in [-0.15, -0.1) is 0 Å². The van der Waals surface area contributed by atoms with Gasteiger partial charge in [0.1, 0.15) is 0 Å². The van der Waals surface area contributed by atoms with E-state index in [-0.39, 0.29) is 8.07 Å². The molecule has 0 aliphatic carbocycles. The number of nitrogens with zero attached hydrogens (tertiary/aromatic N) is 1. The standard InChI is InChI=1S/C17H20NP/c1-4-10-16(11-5-1)19(17-12-6-2-7-13-17)18-14-8-3-9-15-18/h1-2,4-7,10-13H,3,8-9,14-15H2. The van der Waals surface area contributed by atoms with E-state index in [4.69, 9.17) is 0 Å². The largest absolute Gasteiger partial charge is 0.275 e. The average molecular weight is 269 g/mol. The fraction of sp³-hybridized carbons (Fsp3) is 0.294. The van der Waals surface area contributed by atoms with E-state index in [1.165, 1.54) is 43.0 Å². The first-order valence-corrected chi connectivity index (χ1v) is 8.40. The second-order valence-corrected chi connectivity index (χ2v) is 7.22. The molecule has 0 atom stereocenters. The van der Waals surface area contributed by atoms with Crippen molar-refractivity contribution in [3.05, 3.63) is 60.7 Å². The molecule has 1 fully saturated rings. The van der Waals surface area contributed by atoms with E-state index in [0.29, 0.717) is 0 Å². The summed E-state index contributed by atoms with van der Waals surface area (Å²) >= 11 is 0. The zero-order valence-electron chi connectivity index (χ0n) is 11.2. The summed E-state index contributed by atoms with van der Waals surface area (Å²) in [5.41, 5.74) is 0. The van der Waals surface area contributed by atoms with Gasteiger partial charge in [-0.2, -0.15) is 0 Å². The van der Waals surface area contributed by atoms with Crippen LogP contribution in [0, 0.1) is 0 Å². The van der Waals surface area contributed by atoms with Gasteiger partial charge in [0.25, 0.3) is 0 Å². The maximum atomic E-state index is 2.70. The first-order chi connectivity index (χ1) is 9.45. The van der Waals surface area contributed by atoms with Crippen molar-refractivity contribution in [2.45, 2.75) is 19.3 Å². The third kappa shape index (κ3) is 3.05. The lowest BCUT2D eigenvalue weighted by atomic mass is 10.2. The summed E-state index contributed by atoms with van der Waals surface area (Å²) in [7, 11) is -0.336. The predicted molar refractivity (Wildman–Crippen MR) is 84.5 cm³/mol. The molecular weight excluding hydrogens is 249 g/mol. The third-order valence-electron chi connectivity index (χ3n) is 3.62. The van der Waals surface area contributed by atoms with Crippen LogP contribution in [0.25, 0.3) is 0 Å². The molecule has 1 aliphatic rings. The van der Waals surface area contributed by atoms with Gasteiger partial charge in [0.15, 0.2) is 0 Å². The van der Waals surface area contributed by atoms with Gasteiger partial charge >= 0.3 is 0 Å². The zero-order chi connectivity index (χ0) is 12.9. The molecule has 0 unspecified atom stereocenters. The summed E-state index contributed by atoms with van der Waals surface area (Å²) in [5.74, 6) is 0. The van der Waals surface area contributed by atoms with Crippen molar-refractivity contribution in [2.24, 2.45) is 0 Å². The Morgan fingerprint density at radius 3 is 1.58 bits per heavy atom. The van der Waals surface area contributed by atoms with Gasteiger partial charge in [-0.25, -0.2) is 0 Å². The third-order valence-corrected chi connectivity index (χ3v) is 6.16. The highest BCUT2D eigenvalue weighted by atomic mass is 31.1. The first kappa shape index (κ1) is 12.8. The second-order valence-electron chi connectivity index (χ2n) is 5.00. The average Bonchev–Trinajstić information content (AvgIpc) is 2.51. The summed E-state index contributed by atoms with van der Waals surface area (Å²) in [4.78, 5) is 0. The van der Waals surface area contributed by atoms with Crippen molar-refractivity contribution in [3.8, 4) is 0 Å². The number of benzene rings is 2. The Bertz CT molecular complexity index is 452. The highest BCUT2D eigenvalue weighted by Gasteiger charge is 2.23. The normalized spacial score (nSPS) is 16.7. The van der Waals surface area contributed by atoms with E-state index in [0.717, 1.165) is 0 Å². The molecule has 0 aromatic heterocycles. The Kier molecular flexibility index (Phi) is 4.27. The fourth-order valence-electron chi connectivity index (χ4n) is 2.69. The Hall–Kier alpha value is -1.17. The van der Waals surface area contributed by atoms with Crippen molar-refractivity contribution in [3.63, 3.8) is 0 Å². The summed E-state index contributed by atoms with van der Waals surface area (Å²) < 4.78 is 2.70. The summed E-state index contributed by atoms with van der Waals surface area (Å²) in [6.45, 7) is 2.49. The van der Waals surface area contributed by atoms with E-state index >= 15 is 0 Å². The zero-order valence-corrected chi connectivity index (χ0v) is 12.1. The predicted octanol–water partition coefficient (Wildman–Crippen LogP) is 3.52. The molecule has 1 aliphatic heterocycles. The van der Waals surface area contributed by atoms with Gasteiger partial charge in [-0.3, -0.25) is 4.67 Å². The molecule has 19 heavy (non-hydrogen) atoms. The second kappa shape index (κ2) is 6.32. The number of rotatable bonds is 3. The van der Waals surface area contributed by atoms with Gasteiger partial charge < -0.3 is 0 Å². The fourth-order valence-corrected chi connectivity index (χ4v) is 5.23. The lowest BCUT2D eigenvalue weighted by Crippen LogP contribution is -2.32. The molecule has 98 valence electrons. The molecule has 0 bridgehead atoms. The highest BCUT2D eigenvalue weighted by Crippen LogP contribution is 2.40. The maximum Gasteiger partial charge on any atom is 0.0281 e. The minimum absolute atomic E-state index is 0.336. The molecule has 0 spiro atoms. The lowest BCUT2D eigenvalue weighted by Gasteiger charge is -2.35. The molecule has 0 saturated carbocycles. The van der Waals surface area contributed by atoms with E-state index in [9.17, 15) is 0 Å². The van der Waals surface area contributed by atoms with Crippen LogP contribution in [0.4, 0.5) is 0 Å². The van der Waals surface area contributed by atoms with E-state index in [1.807, 2.05) is 0 Å². The molecule has 1 nitrogen and oxygen atoms in total. The number of hydrogen-bond donors (Lipinski definition) is 0. The first-order valence-electron chi connectivity index (χ1n) is 7.10. The molecule has 2 heteroatoms. The molecule has 1 heterocycles. The van der Waals surface area contributed by atoms with Crippen LogP contribution in [0.3, 0.4) is 0 Å². The van der Waals surface area contributed by atoms with Crippen molar-refractivity contribution >= 4 is 18.7 Å². The lowest BCUT2D eigenvalue weighted by molar-refractivity contribution is 0.374. The molecule has 0 N–H and O–H groups in total. The van der Waals surface area contributed by atoms with Crippen LogP contribution in [-0.2, 0) is 0 Å². The van der Waals surface area contributed by atoms with E-state index in [2.05, 4.69) is 65.3 Å². The molecule has 2 aromatic carbocycles. The van der Waals surface area contributed by atoms with Crippen LogP contribution >= 0.6 is 8.07 Å². The minimum atomic E-state index is -0.336. The SMILES string of the molecule is c1ccc(P(c2ccccc2)N2CCCCC2)cc1. The van der Waals surface area contributed by atoms with Crippen LogP contribution < -0.4 is 10.6 Å². The summed E-state index contributed by atoms with van der Waals surface area (Å²) in [5, 5.41) is 2.95. The van der Waals surface area contributed by atoms with Crippen molar-refractivity contribution < 1.29 is 0 Å². The van der Waals surface area contributed by atoms with Gasteiger partial charge in [0, 0.05) is 21.2 Å². The van der Waals surface area contributed by atoms with Gasteiger partial charge in [-0.05, 0) is 23.5 Å². The van der Waals surface area contributed by atoms with Crippen molar-refractivity contribution in [2.75, 3.05) is 13.1 Å². The quantitative estimate of drug-likeness (QED) is 0.771. The molecule has 1 saturated heterocycles. The Morgan fingerprint density at radius 1 is 0.632 bits per heavy atom. The smallest absolute Gasteiger partial charge is 0.0281 e. The number of hydrogen-bond acceptors (Lipinski definition) is 1. The highest BCUT2D eigenvalue weighted by molar-refractivity contribution is 7.70. The minimum Gasteiger partial charge on any atom is -0.275 e. The van der Waals surface area contributed by atoms with Gasteiger partial charge in [0.05, 0.1) is 0 Å². The summed E-state index contributed by atoms with van der Waals surface area (Å²) in [6, 6.07) is 22.0. The van der Waals surface area contributed by atoms with Gasteiger partial charge in [0.2, 0.25) is 0 Å². The number of piperidine rings is 1. The molecule has 2 aromatic rings. The molecular formula is C17H20NP. The van der Waals surface area contributed by atoms with Gasteiger partial charge in [-0.1, -0.05) is 67.1 Å². The van der Waals surface area contributed by atoms with Crippen LogP contribution in [0.15, 0.2) is 60.7 Å². The Balaban J connectivity index is 1.96. The Labute approximate surface area is 117 Å². The van der Waals surface area contributed by atoms with Crippen LogP contribution in [0.5, 0.6) is 0 Å². The topological polar surface area (TPSA) is 3.24 Å². The molecule has 0 amide bonds. The monoisotopic (exact) mass is 269 g/mol. The molecule has 3 rings (SSSR count). The van der Waals surface area contributed by atoms with Crippen LogP contribution in [0.2, 0.25) is 0 Å². The summed E-state index contributed by atoms with van der Waals surface area (Å²) in [6.07, 6.45) is 4.08. The van der Waals surface area contributed by atoms with Crippen molar-refractivity contribution in [1.82, 2.24) is 4.67 Å². The van der Waals surface area contributed by atoms with E-state index < -0.39 is 0 Å². The molecule has 0 radical (unpaired) electrons.